The van der Waals surface area contributed by atoms with Gasteiger partial charge in [-0.15, -0.1) is 0 Å². The summed E-state index contributed by atoms with van der Waals surface area (Å²) in [5, 5.41) is 2.74. The first-order valence-corrected chi connectivity index (χ1v) is 11.5. The van der Waals surface area contributed by atoms with Crippen molar-refractivity contribution in [2.24, 2.45) is 0 Å². The molecule has 0 aliphatic rings. The van der Waals surface area contributed by atoms with Gasteiger partial charge in [0.25, 0.3) is 15.9 Å². The molecule has 0 atom stereocenters. The minimum atomic E-state index is -3.96. The van der Waals surface area contributed by atoms with Crippen LogP contribution in [0.1, 0.15) is 21.5 Å². The van der Waals surface area contributed by atoms with Gasteiger partial charge in [0.1, 0.15) is 17.3 Å². The summed E-state index contributed by atoms with van der Waals surface area (Å²) in [6.07, 6.45) is 0. The standard InChI is InChI=1S/C23H23ClN2O4S/c1-16-6-9-19(10-7-16)26-31(28,29)22-15-18(8-11-21(22)24)23(27)25-12-13-30-20-5-3-4-17(2)14-20/h3-11,14-15,26H,12-13H2,1-2H3,(H,25,27). The molecular weight excluding hydrogens is 436 g/mol. The van der Waals surface area contributed by atoms with Crippen LogP contribution in [0.2, 0.25) is 5.02 Å². The van der Waals surface area contributed by atoms with Crippen LogP contribution >= 0.6 is 11.6 Å². The monoisotopic (exact) mass is 458 g/mol. The number of hydrogen-bond donors (Lipinski definition) is 2. The minimum Gasteiger partial charge on any atom is -0.492 e. The van der Waals surface area contributed by atoms with E-state index in [-0.39, 0.29) is 28.6 Å². The van der Waals surface area contributed by atoms with Crippen LogP contribution in [0.5, 0.6) is 5.75 Å². The fraction of sp³-hybridized carbons (Fsp3) is 0.174. The summed E-state index contributed by atoms with van der Waals surface area (Å²) >= 11 is 6.11. The lowest BCUT2D eigenvalue weighted by Gasteiger charge is -2.12. The maximum absolute atomic E-state index is 12.8. The van der Waals surface area contributed by atoms with E-state index in [1.807, 2.05) is 38.1 Å². The molecule has 0 heterocycles. The van der Waals surface area contributed by atoms with Crippen LogP contribution in [0.15, 0.2) is 71.6 Å². The zero-order valence-electron chi connectivity index (χ0n) is 17.2. The molecule has 162 valence electrons. The normalized spacial score (nSPS) is 11.1. The number of rotatable bonds is 8. The summed E-state index contributed by atoms with van der Waals surface area (Å²) in [6, 6.07) is 18.6. The molecule has 0 aliphatic carbocycles. The van der Waals surface area contributed by atoms with Crippen molar-refractivity contribution >= 4 is 33.2 Å². The van der Waals surface area contributed by atoms with Gasteiger partial charge in [-0.25, -0.2) is 8.42 Å². The molecule has 3 rings (SSSR count). The Kier molecular flexibility index (Phi) is 7.20. The lowest BCUT2D eigenvalue weighted by atomic mass is 10.2. The number of ether oxygens (including phenoxy) is 1. The highest BCUT2D eigenvalue weighted by Gasteiger charge is 2.20. The minimum absolute atomic E-state index is 0.0268. The molecule has 0 bridgehead atoms. The van der Waals surface area contributed by atoms with Gasteiger partial charge in [-0.1, -0.05) is 41.4 Å². The molecule has 2 N–H and O–H groups in total. The Morgan fingerprint density at radius 1 is 0.968 bits per heavy atom. The van der Waals surface area contributed by atoms with Crippen LogP contribution < -0.4 is 14.8 Å². The predicted octanol–water partition coefficient (Wildman–Crippen LogP) is 4.57. The third kappa shape index (κ3) is 6.23. The molecule has 0 spiro atoms. The molecule has 0 saturated heterocycles. The summed E-state index contributed by atoms with van der Waals surface area (Å²) in [5.41, 5.74) is 2.68. The van der Waals surface area contributed by atoms with Crippen LogP contribution in [-0.2, 0) is 10.0 Å². The molecule has 3 aromatic carbocycles. The maximum Gasteiger partial charge on any atom is 0.263 e. The van der Waals surface area contributed by atoms with Gasteiger partial charge < -0.3 is 10.1 Å². The van der Waals surface area contributed by atoms with Gasteiger partial charge in [0.2, 0.25) is 0 Å². The SMILES string of the molecule is Cc1ccc(NS(=O)(=O)c2cc(C(=O)NCCOc3cccc(C)c3)ccc2Cl)cc1. The van der Waals surface area contributed by atoms with Crippen molar-refractivity contribution in [2.45, 2.75) is 18.7 Å². The molecule has 3 aromatic rings. The first kappa shape index (κ1) is 22.7. The lowest BCUT2D eigenvalue weighted by molar-refractivity contribution is 0.0947. The first-order chi connectivity index (χ1) is 14.7. The number of carbonyl (C=O) groups is 1. The van der Waals surface area contributed by atoms with Crippen molar-refractivity contribution in [1.82, 2.24) is 5.32 Å². The van der Waals surface area contributed by atoms with Gasteiger partial charge in [-0.2, -0.15) is 0 Å². The second-order valence-corrected chi connectivity index (χ2v) is 9.10. The van der Waals surface area contributed by atoms with E-state index in [1.54, 1.807) is 24.3 Å². The molecule has 6 nitrogen and oxygen atoms in total. The van der Waals surface area contributed by atoms with Crippen molar-refractivity contribution in [2.75, 3.05) is 17.9 Å². The molecule has 0 aliphatic heterocycles. The quantitative estimate of drug-likeness (QED) is 0.484. The Labute approximate surface area is 187 Å². The molecule has 0 saturated carbocycles. The predicted molar refractivity (Wildman–Crippen MR) is 122 cm³/mol. The van der Waals surface area contributed by atoms with Crippen LogP contribution in [0.4, 0.5) is 5.69 Å². The lowest BCUT2D eigenvalue weighted by Crippen LogP contribution is -2.28. The largest absolute Gasteiger partial charge is 0.492 e. The molecule has 1 amide bonds. The summed E-state index contributed by atoms with van der Waals surface area (Å²) in [5.74, 6) is 0.299. The van der Waals surface area contributed by atoms with Gasteiger partial charge in [0.15, 0.2) is 0 Å². The summed E-state index contributed by atoms with van der Waals surface area (Å²) in [7, 11) is -3.96. The van der Waals surface area contributed by atoms with Crippen LogP contribution in [0.25, 0.3) is 0 Å². The summed E-state index contributed by atoms with van der Waals surface area (Å²) in [4.78, 5) is 12.3. The maximum atomic E-state index is 12.8. The van der Waals surface area contributed by atoms with Crippen LogP contribution in [-0.4, -0.2) is 27.5 Å². The zero-order chi connectivity index (χ0) is 22.4. The fourth-order valence-corrected chi connectivity index (χ4v) is 4.41. The number of halogens is 1. The highest BCUT2D eigenvalue weighted by atomic mass is 35.5. The number of nitrogens with one attached hydrogen (secondary N) is 2. The summed E-state index contributed by atoms with van der Waals surface area (Å²) in [6.45, 7) is 4.42. The fourth-order valence-electron chi connectivity index (χ4n) is 2.82. The Morgan fingerprint density at radius 2 is 1.71 bits per heavy atom. The second kappa shape index (κ2) is 9.85. The number of hydrogen-bond acceptors (Lipinski definition) is 4. The van der Waals surface area contributed by atoms with E-state index in [4.69, 9.17) is 16.3 Å². The highest BCUT2D eigenvalue weighted by molar-refractivity contribution is 7.92. The Bertz CT molecular complexity index is 1180. The first-order valence-electron chi connectivity index (χ1n) is 9.61. The Hall–Kier alpha value is -3.03. The van der Waals surface area contributed by atoms with E-state index in [0.29, 0.717) is 5.69 Å². The molecule has 0 fully saturated rings. The number of anilines is 1. The highest BCUT2D eigenvalue weighted by Crippen LogP contribution is 2.25. The Balaban J connectivity index is 1.65. The van der Waals surface area contributed by atoms with E-state index in [1.165, 1.54) is 18.2 Å². The van der Waals surface area contributed by atoms with Crippen molar-refractivity contribution in [3.8, 4) is 5.75 Å². The number of aryl methyl sites for hydroxylation is 2. The second-order valence-electron chi connectivity index (χ2n) is 7.04. The van der Waals surface area contributed by atoms with E-state index < -0.39 is 15.9 Å². The molecule has 31 heavy (non-hydrogen) atoms. The van der Waals surface area contributed by atoms with E-state index >= 15 is 0 Å². The Morgan fingerprint density at radius 3 is 2.42 bits per heavy atom. The van der Waals surface area contributed by atoms with Crippen molar-refractivity contribution in [1.29, 1.82) is 0 Å². The molecular formula is C23H23ClN2O4S. The molecule has 0 unspecified atom stereocenters. The zero-order valence-corrected chi connectivity index (χ0v) is 18.8. The number of amides is 1. The number of benzene rings is 3. The van der Waals surface area contributed by atoms with E-state index in [9.17, 15) is 13.2 Å². The number of sulfonamides is 1. The molecule has 8 heteroatoms. The smallest absolute Gasteiger partial charge is 0.263 e. The number of carbonyl (C=O) groups excluding carboxylic acids is 1. The van der Waals surface area contributed by atoms with E-state index in [0.717, 1.165) is 16.9 Å². The summed E-state index contributed by atoms with van der Waals surface area (Å²) < 4.78 is 33.6. The topological polar surface area (TPSA) is 84.5 Å². The van der Waals surface area contributed by atoms with Crippen LogP contribution in [0.3, 0.4) is 0 Å². The van der Waals surface area contributed by atoms with Gasteiger partial charge in [0, 0.05) is 11.3 Å². The third-order valence-electron chi connectivity index (χ3n) is 4.43. The van der Waals surface area contributed by atoms with Gasteiger partial charge >= 0.3 is 0 Å². The van der Waals surface area contributed by atoms with Crippen molar-refractivity contribution in [3.05, 3.63) is 88.4 Å². The van der Waals surface area contributed by atoms with Crippen molar-refractivity contribution in [3.63, 3.8) is 0 Å². The van der Waals surface area contributed by atoms with Gasteiger partial charge in [-0.3, -0.25) is 9.52 Å². The van der Waals surface area contributed by atoms with Crippen LogP contribution in [0, 0.1) is 13.8 Å². The van der Waals surface area contributed by atoms with Gasteiger partial charge in [-0.05, 0) is 61.9 Å². The van der Waals surface area contributed by atoms with Crippen molar-refractivity contribution < 1.29 is 17.9 Å². The third-order valence-corrected chi connectivity index (χ3v) is 6.30. The average Bonchev–Trinajstić information content (AvgIpc) is 2.73. The molecule has 0 radical (unpaired) electrons. The van der Waals surface area contributed by atoms with E-state index in [2.05, 4.69) is 10.0 Å². The molecule has 0 aromatic heterocycles. The average molecular weight is 459 g/mol. The van der Waals surface area contributed by atoms with Gasteiger partial charge in [0.05, 0.1) is 11.6 Å².